The first kappa shape index (κ1) is 36.8. The molecule has 0 radical (unpaired) electrons. The molecule has 0 N–H and O–H groups in total. The Hall–Kier alpha value is 3.86. The van der Waals surface area contributed by atoms with Crippen LogP contribution in [0.5, 0.6) is 0 Å². The zero-order valence-corrected chi connectivity index (χ0v) is 14.4. The molecule has 1 nitrogen and oxygen atoms in total. The molecule has 0 heterocycles. The van der Waals surface area contributed by atoms with Crippen LogP contribution in [-0.2, 0) is 75.4 Å². The summed E-state index contributed by atoms with van der Waals surface area (Å²) < 4.78 is 0. The molecule has 0 aliphatic heterocycles. The van der Waals surface area contributed by atoms with Gasteiger partial charge in [0.2, 0.25) is 0 Å². The van der Waals surface area contributed by atoms with Crippen molar-refractivity contribution in [2.45, 2.75) is 0 Å². The molecule has 0 aromatic heterocycles. The first-order valence-electron chi connectivity index (χ1n) is 0. The minimum Gasteiger partial charge on any atom is -2.00 e. The van der Waals surface area contributed by atoms with Gasteiger partial charge in [0.15, 0.2) is 0 Å². The van der Waals surface area contributed by atoms with E-state index in [1.807, 2.05) is 0 Å². The summed E-state index contributed by atoms with van der Waals surface area (Å²) in [6.07, 6.45) is 0. The van der Waals surface area contributed by atoms with Gasteiger partial charge in [-0.15, -0.1) is 0 Å². The topological polar surface area (TPSA) is 28.5 Å². The molecule has 5 heteroatoms. The second-order valence-corrected chi connectivity index (χ2v) is 0. The van der Waals surface area contributed by atoms with Crippen LogP contribution in [0.3, 0.4) is 0 Å². The summed E-state index contributed by atoms with van der Waals surface area (Å²) in [5, 5.41) is 0. The Balaban J connectivity index is 0. The predicted molar refractivity (Wildman–Crippen MR) is 6.44 cm³/mol. The average molecular weight is 473 g/mol. The summed E-state index contributed by atoms with van der Waals surface area (Å²) in [6.45, 7) is 0. The van der Waals surface area contributed by atoms with Crippen molar-refractivity contribution in [3.8, 4) is 0 Å². The molecule has 0 aliphatic rings. The molecule has 0 fully saturated rings. The van der Waals surface area contributed by atoms with Crippen molar-refractivity contribution in [1.82, 2.24) is 0 Å². The van der Waals surface area contributed by atoms with Gasteiger partial charge in [-0.2, -0.15) is 0 Å². The summed E-state index contributed by atoms with van der Waals surface area (Å²) in [4.78, 5) is 0. The number of rotatable bonds is 0. The number of hydrogen-bond acceptors (Lipinski definition) is 0. The van der Waals surface area contributed by atoms with Gasteiger partial charge in [0.05, 0.1) is 0 Å². The molecule has 0 aliphatic carbocycles. The van der Waals surface area contributed by atoms with E-state index in [0.717, 1.165) is 0 Å². The van der Waals surface area contributed by atoms with Crippen molar-refractivity contribution < 1.29 is 75.4 Å². The van der Waals surface area contributed by atoms with Gasteiger partial charge in [-0.25, -0.2) is 0 Å². The van der Waals surface area contributed by atoms with Crippen LogP contribution in [0.4, 0.5) is 0 Å². The van der Waals surface area contributed by atoms with E-state index in [9.17, 15) is 0 Å². The summed E-state index contributed by atoms with van der Waals surface area (Å²) in [7, 11) is 0. The van der Waals surface area contributed by atoms with Crippen LogP contribution in [0.2, 0.25) is 0 Å². The molecule has 0 amide bonds. The molecule has 0 aromatic carbocycles. The molecule has 0 unspecified atom stereocenters. The van der Waals surface area contributed by atoms with Gasteiger partial charge >= 0.3 is 119 Å². The Bertz CT molecular complexity index is 11.6. The summed E-state index contributed by atoms with van der Waals surface area (Å²) in [6, 6.07) is 0. The van der Waals surface area contributed by atoms with Gasteiger partial charge in [-0.1, -0.05) is 0 Å². The molecule has 0 aromatic rings. The van der Waals surface area contributed by atoms with Crippen molar-refractivity contribution in [1.29, 1.82) is 0 Å². The van der Waals surface area contributed by atoms with Crippen molar-refractivity contribution in [3.63, 3.8) is 0 Å². The second kappa shape index (κ2) is 24.8. The van der Waals surface area contributed by atoms with E-state index in [2.05, 4.69) is 0 Å². The SMILES string of the molecule is [Ba+2].[Hf+4].[Nb+5].[O-2].[Ti+4]. The zero-order chi connectivity index (χ0) is 0. The third kappa shape index (κ3) is 18.1. The van der Waals surface area contributed by atoms with Gasteiger partial charge in [-0.3, -0.25) is 0 Å². The fourth-order valence-electron chi connectivity index (χ4n) is 0. The molecule has 8 valence electrons. The minimum absolute atomic E-state index is 0. The van der Waals surface area contributed by atoms with E-state index >= 15 is 0 Å². The minimum atomic E-state index is 0. The van der Waals surface area contributed by atoms with Crippen molar-refractivity contribution in [2.24, 2.45) is 0 Å². The fraction of sp³-hybridized carbons (Fsp3) is 0. The standard InChI is InChI=1S/Ba.Hf.Nb.O.Ti/q+2;+4;+5;-2;+4. The predicted octanol–water partition coefficient (Wildman–Crippen LogP) is -0.507. The van der Waals surface area contributed by atoms with E-state index < -0.39 is 0 Å². The average Bonchev–Trinajstić information content (AvgIpc) is 0. The van der Waals surface area contributed by atoms with Crippen LogP contribution < -0.4 is 0 Å². The molecule has 5 heavy (non-hydrogen) atoms. The van der Waals surface area contributed by atoms with E-state index in [0.29, 0.717) is 0 Å². The summed E-state index contributed by atoms with van der Waals surface area (Å²) >= 11 is 0. The van der Waals surface area contributed by atoms with Gasteiger partial charge < -0.3 is 5.48 Å². The Morgan fingerprint density at radius 2 is 1.00 bits per heavy atom. The van der Waals surface area contributed by atoms with Crippen molar-refractivity contribution in [3.05, 3.63) is 0 Å². The largest absolute Gasteiger partial charge is 5.00 e. The smallest absolute Gasteiger partial charge is 2.00 e. The molecule has 0 saturated carbocycles. The maximum Gasteiger partial charge on any atom is 5.00 e. The molecular formula is BaHfNbOTi+13. The summed E-state index contributed by atoms with van der Waals surface area (Å²) in [5.74, 6) is 0. The Morgan fingerprint density at radius 1 is 1.00 bits per heavy atom. The monoisotopic (exact) mass is 475 g/mol. The van der Waals surface area contributed by atoms with E-state index in [1.165, 1.54) is 0 Å². The van der Waals surface area contributed by atoms with Crippen LogP contribution in [0.25, 0.3) is 0 Å². The van der Waals surface area contributed by atoms with E-state index in [4.69, 9.17) is 0 Å². The Labute approximate surface area is 121 Å². The molecule has 0 bridgehead atoms. The van der Waals surface area contributed by atoms with E-state index in [-0.39, 0.29) is 124 Å². The van der Waals surface area contributed by atoms with Crippen LogP contribution in [0, 0.1) is 0 Å². The van der Waals surface area contributed by atoms with Gasteiger partial charge in [0.1, 0.15) is 0 Å². The van der Waals surface area contributed by atoms with Crippen molar-refractivity contribution >= 4 is 48.9 Å². The van der Waals surface area contributed by atoms with Crippen molar-refractivity contribution in [2.75, 3.05) is 0 Å². The molecular weight excluding hydrogens is 473 g/mol. The number of hydrogen-bond donors (Lipinski definition) is 0. The second-order valence-electron chi connectivity index (χ2n) is 0. The van der Waals surface area contributed by atoms with Gasteiger partial charge in [0, 0.05) is 0 Å². The van der Waals surface area contributed by atoms with E-state index in [1.54, 1.807) is 0 Å². The Morgan fingerprint density at radius 3 is 1.00 bits per heavy atom. The third-order valence-electron chi connectivity index (χ3n) is 0. The fourth-order valence-corrected chi connectivity index (χ4v) is 0. The molecule has 0 saturated heterocycles. The van der Waals surface area contributed by atoms with Gasteiger partial charge in [-0.05, 0) is 0 Å². The van der Waals surface area contributed by atoms with Crippen LogP contribution in [0.1, 0.15) is 0 Å². The normalized spacial score (nSPS) is 0. The summed E-state index contributed by atoms with van der Waals surface area (Å²) in [5.41, 5.74) is 0. The Kier molecular flexibility index (Phi) is 183. The molecule has 0 atom stereocenters. The third-order valence-corrected chi connectivity index (χ3v) is 0. The van der Waals surface area contributed by atoms with Crippen LogP contribution in [0.15, 0.2) is 0 Å². The quantitative estimate of drug-likeness (QED) is 0.425. The maximum absolute atomic E-state index is 0. The molecule has 0 spiro atoms. The first-order valence-corrected chi connectivity index (χ1v) is 0. The zero-order valence-electron chi connectivity index (χ0n) is 2.56. The van der Waals surface area contributed by atoms with Crippen LogP contribution in [-0.4, -0.2) is 48.9 Å². The van der Waals surface area contributed by atoms with Crippen LogP contribution >= 0.6 is 0 Å². The first-order chi connectivity index (χ1) is 0. The maximum atomic E-state index is 0. The molecule has 0 rings (SSSR count). The van der Waals surface area contributed by atoms with Gasteiger partial charge in [0.25, 0.3) is 0 Å².